The van der Waals surface area contributed by atoms with Gasteiger partial charge in [-0.25, -0.2) is 9.97 Å². The molecule has 0 amide bonds. The number of hydrogen-bond donors (Lipinski definition) is 2. The molecule has 0 fully saturated rings. The zero-order chi connectivity index (χ0) is 15.4. The van der Waals surface area contributed by atoms with Crippen molar-refractivity contribution in [2.24, 2.45) is 0 Å². The van der Waals surface area contributed by atoms with Crippen molar-refractivity contribution in [2.75, 3.05) is 17.7 Å². The molecule has 2 N–H and O–H groups in total. The fourth-order valence-electron chi connectivity index (χ4n) is 2.10. The van der Waals surface area contributed by atoms with Gasteiger partial charge in [0.1, 0.15) is 17.5 Å². The maximum atomic E-state index is 4.66. The van der Waals surface area contributed by atoms with E-state index < -0.39 is 0 Å². The molecule has 0 aliphatic heterocycles. The summed E-state index contributed by atoms with van der Waals surface area (Å²) in [6.45, 7) is 8.32. The molecule has 5 heteroatoms. The van der Waals surface area contributed by atoms with Crippen LogP contribution in [0.1, 0.15) is 49.7 Å². The van der Waals surface area contributed by atoms with Crippen molar-refractivity contribution in [3.8, 4) is 0 Å². The van der Waals surface area contributed by atoms with Crippen LogP contribution in [0, 0.1) is 6.92 Å². The Balaban J connectivity index is 2.32. The molecular weight excluding hydrogens is 262 g/mol. The van der Waals surface area contributed by atoms with Crippen molar-refractivity contribution < 1.29 is 0 Å². The molecule has 0 radical (unpaired) electrons. The van der Waals surface area contributed by atoms with Crippen LogP contribution in [0.4, 0.5) is 11.6 Å². The van der Waals surface area contributed by atoms with Gasteiger partial charge in [0.15, 0.2) is 0 Å². The van der Waals surface area contributed by atoms with Gasteiger partial charge < -0.3 is 10.6 Å². The minimum Gasteiger partial charge on any atom is -0.373 e. The molecule has 0 aromatic carbocycles. The molecule has 1 atom stereocenters. The lowest BCUT2D eigenvalue weighted by Crippen LogP contribution is -2.13. The molecule has 2 heterocycles. The third-order valence-electron chi connectivity index (χ3n) is 3.45. The quantitative estimate of drug-likeness (QED) is 0.880. The third-order valence-corrected chi connectivity index (χ3v) is 3.45. The lowest BCUT2D eigenvalue weighted by atomic mass is 10.1. The Labute approximate surface area is 126 Å². The van der Waals surface area contributed by atoms with E-state index in [1.54, 1.807) is 6.20 Å². The Kier molecular flexibility index (Phi) is 4.73. The largest absolute Gasteiger partial charge is 0.373 e. The predicted molar refractivity (Wildman–Crippen MR) is 86.7 cm³/mol. The van der Waals surface area contributed by atoms with Crippen molar-refractivity contribution >= 4 is 11.6 Å². The van der Waals surface area contributed by atoms with Gasteiger partial charge >= 0.3 is 0 Å². The Hall–Kier alpha value is -2.17. The topological polar surface area (TPSA) is 62.7 Å². The van der Waals surface area contributed by atoms with Crippen molar-refractivity contribution in [3.63, 3.8) is 0 Å². The fraction of sp³-hybridized carbons (Fsp3) is 0.438. The van der Waals surface area contributed by atoms with E-state index in [-0.39, 0.29) is 12.0 Å². The van der Waals surface area contributed by atoms with Crippen molar-refractivity contribution in [2.45, 2.75) is 39.7 Å². The van der Waals surface area contributed by atoms with Crippen LogP contribution < -0.4 is 10.6 Å². The second-order valence-electron chi connectivity index (χ2n) is 5.46. The molecule has 2 rings (SSSR count). The van der Waals surface area contributed by atoms with Gasteiger partial charge in [-0.3, -0.25) is 4.98 Å². The molecule has 0 spiro atoms. The average molecular weight is 285 g/mol. The van der Waals surface area contributed by atoms with Crippen LogP contribution in [-0.4, -0.2) is 22.0 Å². The molecule has 0 aliphatic rings. The van der Waals surface area contributed by atoms with E-state index in [1.807, 2.05) is 26.2 Å². The normalized spacial score (nSPS) is 12.3. The van der Waals surface area contributed by atoms with Gasteiger partial charge in [-0.1, -0.05) is 19.9 Å². The first-order valence-corrected chi connectivity index (χ1v) is 7.25. The van der Waals surface area contributed by atoms with Crippen LogP contribution in [-0.2, 0) is 0 Å². The molecule has 0 bridgehead atoms. The molecule has 112 valence electrons. The van der Waals surface area contributed by atoms with E-state index >= 15 is 0 Å². The van der Waals surface area contributed by atoms with Crippen LogP contribution in [0.25, 0.3) is 0 Å². The smallest absolute Gasteiger partial charge is 0.135 e. The minimum atomic E-state index is 0.136. The van der Waals surface area contributed by atoms with Crippen LogP contribution in [0.3, 0.4) is 0 Å². The van der Waals surface area contributed by atoms with Crippen LogP contribution >= 0.6 is 0 Å². The van der Waals surface area contributed by atoms with Crippen LogP contribution in [0.15, 0.2) is 24.5 Å². The second kappa shape index (κ2) is 6.52. The van der Waals surface area contributed by atoms with Crippen LogP contribution in [0.5, 0.6) is 0 Å². The first-order valence-electron chi connectivity index (χ1n) is 7.25. The second-order valence-corrected chi connectivity index (χ2v) is 5.46. The molecular formula is C16H23N5. The summed E-state index contributed by atoms with van der Waals surface area (Å²) in [5.74, 6) is 2.86. The number of pyridine rings is 1. The third kappa shape index (κ3) is 3.48. The van der Waals surface area contributed by atoms with Gasteiger partial charge in [0, 0.05) is 30.9 Å². The summed E-state index contributed by atoms with van der Waals surface area (Å²) in [5.41, 5.74) is 2.16. The molecule has 2 aromatic rings. The number of rotatable bonds is 5. The zero-order valence-corrected chi connectivity index (χ0v) is 13.3. The molecule has 2 aromatic heterocycles. The monoisotopic (exact) mass is 285 g/mol. The lowest BCUT2D eigenvalue weighted by Gasteiger charge is -2.19. The summed E-state index contributed by atoms with van der Waals surface area (Å²) in [4.78, 5) is 13.4. The van der Waals surface area contributed by atoms with Crippen LogP contribution in [0.2, 0.25) is 0 Å². The maximum absolute atomic E-state index is 4.66. The van der Waals surface area contributed by atoms with Gasteiger partial charge in [-0.2, -0.15) is 0 Å². The van der Waals surface area contributed by atoms with E-state index in [2.05, 4.69) is 52.4 Å². The SMILES string of the molecule is CNc1nc(C(C)C)nc(NC(C)c2cccnc2)c1C. The molecule has 21 heavy (non-hydrogen) atoms. The summed E-state index contributed by atoms with van der Waals surface area (Å²) in [7, 11) is 1.88. The Morgan fingerprint density at radius 2 is 1.81 bits per heavy atom. The van der Waals surface area contributed by atoms with Crippen molar-refractivity contribution in [1.29, 1.82) is 0 Å². The Morgan fingerprint density at radius 1 is 1.10 bits per heavy atom. The van der Waals surface area contributed by atoms with Crippen molar-refractivity contribution in [3.05, 3.63) is 41.5 Å². The van der Waals surface area contributed by atoms with E-state index in [9.17, 15) is 0 Å². The maximum Gasteiger partial charge on any atom is 0.135 e. The van der Waals surface area contributed by atoms with Gasteiger partial charge in [0.2, 0.25) is 0 Å². The predicted octanol–water partition coefficient (Wildman–Crippen LogP) is 3.52. The van der Waals surface area contributed by atoms with Crippen molar-refractivity contribution in [1.82, 2.24) is 15.0 Å². The summed E-state index contributed by atoms with van der Waals surface area (Å²) >= 11 is 0. The summed E-state index contributed by atoms with van der Waals surface area (Å²) in [6, 6.07) is 4.14. The summed E-state index contributed by atoms with van der Waals surface area (Å²) in [6.07, 6.45) is 3.65. The molecule has 0 aliphatic carbocycles. The molecule has 5 nitrogen and oxygen atoms in total. The number of nitrogens with zero attached hydrogens (tertiary/aromatic N) is 3. The minimum absolute atomic E-state index is 0.136. The number of nitrogens with one attached hydrogen (secondary N) is 2. The van der Waals surface area contributed by atoms with E-state index in [0.29, 0.717) is 0 Å². The number of anilines is 2. The standard InChI is InChI=1S/C16H23N5/c1-10(2)14-20-15(17-5)11(3)16(21-14)19-12(4)13-7-6-8-18-9-13/h6-10,12H,1-5H3,(H2,17,19,20,21). The summed E-state index contributed by atoms with van der Waals surface area (Å²) in [5, 5.41) is 6.61. The van der Waals surface area contributed by atoms with Gasteiger partial charge in [-0.15, -0.1) is 0 Å². The van der Waals surface area contributed by atoms with Gasteiger partial charge in [0.25, 0.3) is 0 Å². The van der Waals surface area contributed by atoms with Gasteiger partial charge in [-0.05, 0) is 25.5 Å². The lowest BCUT2D eigenvalue weighted by molar-refractivity contribution is 0.766. The zero-order valence-electron chi connectivity index (χ0n) is 13.3. The highest BCUT2D eigenvalue weighted by Crippen LogP contribution is 2.26. The number of aromatic nitrogens is 3. The highest BCUT2D eigenvalue weighted by molar-refractivity contribution is 5.57. The highest BCUT2D eigenvalue weighted by atomic mass is 15.1. The van der Waals surface area contributed by atoms with E-state index in [1.165, 1.54) is 0 Å². The fourth-order valence-corrected chi connectivity index (χ4v) is 2.10. The molecule has 1 unspecified atom stereocenters. The van der Waals surface area contributed by atoms with E-state index in [0.717, 1.165) is 28.6 Å². The first kappa shape index (κ1) is 15.2. The Morgan fingerprint density at radius 3 is 2.38 bits per heavy atom. The van der Waals surface area contributed by atoms with E-state index in [4.69, 9.17) is 0 Å². The number of hydrogen-bond acceptors (Lipinski definition) is 5. The molecule has 0 saturated carbocycles. The highest BCUT2D eigenvalue weighted by Gasteiger charge is 2.14. The Bertz CT molecular complexity index is 595. The van der Waals surface area contributed by atoms with Gasteiger partial charge in [0.05, 0.1) is 6.04 Å². The molecule has 0 saturated heterocycles. The average Bonchev–Trinajstić information content (AvgIpc) is 2.49. The summed E-state index contributed by atoms with van der Waals surface area (Å²) < 4.78 is 0. The first-order chi connectivity index (χ1) is 10.0.